The third kappa shape index (κ3) is 4.27. The van der Waals surface area contributed by atoms with Gasteiger partial charge in [0.15, 0.2) is 0 Å². The van der Waals surface area contributed by atoms with Gasteiger partial charge in [-0.2, -0.15) is 0 Å². The minimum Gasteiger partial charge on any atom is -0.0671 e. The molecule has 0 aliphatic carbocycles. The van der Waals surface area contributed by atoms with Gasteiger partial charge in [-0.1, -0.05) is 55.6 Å². The molecule has 0 N–H and O–H groups in total. The van der Waals surface area contributed by atoms with E-state index < -0.39 is 0 Å². The summed E-state index contributed by atoms with van der Waals surface area (Å²) < 4.78 is 0. The van der Waals surface area contributed by atoms with Gasteiger partial charge in [0, 0.05) is 0 Å². The zero-order chi connectivity index (χ0) is 9.52. The van der Waals surface area contributed by atoms with E-state index in [4.69, 9.17) is 0 Å². The fourth-order valence-electron chi connectivity index (χ4n) is 1.48. The van der Waals surface area contributed by atoms with E-state index in [1.165, 1.54) is 42.9 Å². The van der Waals surface area contributed by atoms with E-state index >= 15 is 0 Å². The van der Waals surface area contributed by atoms with E-state index in [0.717, 1.165) is 0 Å². The number of benzene rings is 1. The average molecular weight is 189 g/mol. The van der Waals surface area contributed by atoms with Crippen molar-refractivity contribution in [3.8, 4) is 0 Å². The van der Waals surface area contributed by atoms with Gasteiger partial charge >= 0.3 is 0 Å². The fourth-order valence-corrected chi connectivity index (χ4v) is 1.76. The molecule has 1 aromatic carbocycles. The molecule has 1 rings (SSSR count). The summed E-state index contributed by atoms with van der Waals surface area (Å²) in [5, 5.41) is 1.19. The minimum atomic E-state index is 1.19. The molecule has 0 saturated carbocycles. The van der Waals surface area contributed by atoms with E-state index in [9.17, 15) is 0 Å². The molecule has 0 aliphatic heterocycles. The van der Waals surface area contributed by atoms with Crippen LogP contribution < -0.4 is 5.19 Å². The van der Waals surface area contributed by atoms with Crippen LogP contribution in [-0.4, -0.2) is 10.2 Å². The molecule has 0 amide bonds. The first-order valence-corrected chi connectivity index (χ1v) is 5.63. The normalized spacial score (nSPS) is 10.3. The number of hydrogen-bond acceptors (Lipinski definition) is 0. The Kier molecular flexibility index (Phi) is 4.84. The fraction of sp³-hybridized carbons (Fsp3) is 0.500. The summed E-state index contributed by atoms with van der Waals surface area (Å²) in [6.45, 7) is 2.25. The molecule has 0 heterocycles. The van der Waals surface area contributed by atoms with Gasteiger partial charge in [0.05, 0.1) is 10.2 Å². The van der Waals surface area contributed by atoms with Crippen molar-refractivity contribution in [1.29, 1.82) is 0 Å². The van der Waals surface area contributed by atoms with Crippen LogP contribution in [0.3, 0.4) is 0 Å². The topological polar surface area (TPSA) is 0 Å². The van der Waals surface area contributed by atoms with Crippen molar-refractivity contribution in [2.45, 2.75) is 39.0 Å². The van der Waals surface area contributed by atoms with Crippen molar-refractivity contribution in [3.05, 3.63) is 29.8 Å². The van der Waals surface area contributed by atoms with Crippen LogP contribution in [0.15, 0.2) is 24.3 Å². The molecule has 0 spiro atoms. The minimum absolute atomic E-state index is 1.19. The second-order valence-electron chi connectivity index (χ2n) is 3.51. The second kappa shape index (κ2) is 5.98. The predicted octanol–water partition coefficient (Wildman–Crippen LogP) is 2.60. The Morgan fingerprint density at radius 1 is 1.15 bits per heavy atom. The highest BCUT2D eigenvalue weighted by atomic mass is 28.1. The molecular formula is C12H17Si. The number of rotatable bonds is 5. The molecule has 69 valence electrons. The Hall–Kier alpha value is -0.563. The lowest BCUT2D eigenvalue weighted by molar-refractivity contribution is 0.667. The van der Waals surface area contributed by atoms with Crippen LogP contribution >= 0.6 is 0 Å². The van der Waals surface area contributed by atoms with Gasteiger partial charge in [-0.3, -0.25) is 0 Å². The van der Waals surface area contributed by atoms with Crippen LogP contribution in [0, 0.1) is 0 Å². The molecule has 0 saturated heterocycles. The SMILES string of the molecule is CCCCCCc1cccc([Si])c1. The van der Waals surface area contributed by atoms with E-state index in [-0.39, 0.29) is 0 Å². The Balaban J connectivity index is 2.28. The van der Waals surface area contributed by atoms with Crippen LogP contribution in [0.5, 0.6) is 0 Å². The lowest BCUT2D eigenvalue weighted by Crippen LogP contribution is -2.02. The third-order valence-corrected chi connectivity index (χ3v) is 2.56. The maximum atomic E-state index is 3.53. The highest BCUT2D eigenvalue weighted by molar-refractivity contribution is 6.32. The highest BCUT2D eigenvalue weighted by Crippen LogP contribution is 2.06. The van der Waals surface area contributed by atoms with E-state index in [1.54, 1.807) is 0 Å². The molecule has 13 heavy (non-hydrogen) atoms. The van der Waals surface area contributed by atoms with Crippen LogP contribution in [0.2, 0.25) is 0 Å². The first kappa shape index (κ1) is 10.5. The molecule has 0 nitrogen and oxygen atoms in total. The van der Waals surface area contributed by atoms with Gasteiger partial charge < -0.3 is 0 Å². The van der Waals surface area contributed by atoms with Crippen LogP contribution in [0.25, 0.3) is 0 Å². The zero-order valence-corrected chi connectivity index (χ0v) is 9.34. The van der Waals surface area contributed by atoms with E-state index in [2.05, 4.69) is 41.4 Å². The molecular weight excluding hydrogens is 172 g/mol. The Morgan fingerprint density at radius 2 is 2.00 bits per heavy atom. The summed E-state index contributed by atoms with van der Waals surface area (Å²) in [6.07, 6.45) is 6.59. The predicted molar refractivity (Wildman–Crippen MR) is 59.7 cm³/mol. The van der Waals surface area contributed by atoms with Crippen molar-refractivity contribution in [2.75, 3.05) is 0 Å². The molecule has 0 aliphatic rings. The summed E-state index contributed by atoms with van der Waals surface area (Å²) in [7, 11) is 3.53. The van der Waals surface area contributed by atoms with Gasteiger partial charge in [-0.05, 0) is 18.4 Å². The summed E-state index contributed by atoms with van der Waals surface area (Å²) in [6, 6.07) is 8.60. The molecule has 0 aromatic heterocycles. The van der Waals surface area contributed by atoms with E-state index in [1.807, 2.05) is 0 Å². The van der Waals surface area contributed by atoms with Crippen molar-refractivity contribution in [1.82, 2.24) is 0 Å². The second-order valence-corrected chi connectivity index (χ2v) is 4.09. The molecule has 0 fully saturated rings. The van der Waals surface area contributed by atoms with Crippen molar-refractivity contribution in [2.24, 2.45) is 0 Å². The van der Waals surface area contributed by atoms with Gasteiger partial charge in [-0.15, -0.1) is 0 Å². The molecule has 0 unspecified atom stereocenters. The van der Waals surface area contributed by atoms with Gasteiger partial charge in [-0.25, -0.2) is 0 Å². The quantitative estimate of drug-likeness (QED) is 0.493. The lowest BCUT2D eigenvalue weighted by Gasteiger charge is -2.01. The standard InChI is InChI=1S/C12H17Si/c1-2-3-4-5-7-11-8-6-9-12(13)10-11/h6,8-10H,2-5,7H2,1H3. The van der Waals surface area contributed by atoms with Crippen LogP contribution in [0.1, 0.15) is 38.2 Å². The molecule has 3 radical (unpaired) electrons. The largest absolute Gasteiger partial charge is 0.0711 e. The summed E-state index contributed by atoms with van der Waals surface area (Å²) >= 11 is 0. The lowest BCUT2D eigenvalue weighted by atomic mass is 10.1. The first-order chi connectivity index (χ1) is 6.33. The highest BCUT2D eigenvalue weighted by Gasteiger charge is 1.93. The molecule has 1 heteroatoms. The van der Waals surface area contributed by atoms with Crippen LogP contribution in [0.4, 0.5) is 0 Å². The van der Waals surface area contributed by atoms with Gasteiger partial charge in [0.2, 0.25) is 0 Å². The Labute approximate surface area is 84.8 Å². The molecule has 0 atom stereocenters. The number of aryl methyl sites for hydroxylation is 1. The van der Waals surface area contributed by atoms with Crippen molar-refractivity contribution < 1.29 is 0 Å². The Morgan fingerprint density at radius 3 is 2.69 bits per heavy atom. The third-order valence-electron chi connectivity index (χ3n) is 2.25. The molecule has 1 aromatic rings. The maximum Gasteiger partial charge on any atom is 0.0711 e. The van der Waals surface area contributed by atoms with Crippen molar-refractivity contribution >= 4 is 15.4 Å². The van der Waals surface area contributed by atoms with Crippen molar-refractivity contribution in [3.63, 3.8) is 0 Å². The number of unbranched alkanes of at least 4 members (excludes halogenated alkanes) is 3. The molecule has 0 bridgehead atoms. The summed E-state index contributed by atoms with van der Waals surface area (Å²) in [4.78, 5) is 0. The smallest absolute Gasteiger partial charge is 0.0671 e. The van der Waals surface area contributed by atoms with Crippen LogP contribution in [-0.2, 0) is 6.42 Å². The van der Waals surface area contributed by atoms with Gasteiger partial charge in [0.25, 0.3) is 0 Å². The number of hydrogen-bond donors (Lipinski definition) is 0. The first-order valence-electron chi connectivity index (χ1n) is 5.13. The zero-order valence-electron chi connectivity index (χ0n) is 8.34. The van der Waals surface area contributed by atoms with E-state index in [0.29, 0.717) is 0 Å². The monoisotopic (exact) mass is 189 g/mol. The summed E-state index contributed by atoms with van der Waals surface area (Å²) in [5.41, 5.74) is 1.45. The Bertz CT molecular complexity index is 243. The maximum absolute atomic E-state index is 3.53. The summed E-state index contributed by atoms with van der Waals surface area (Å²) in [5.74, 6) is 0. The average Bonchev–Trinajstić information content (AvgIpc) is 2.13. The van der Waals surface area contributed by atoms with Gasteiger partial charge in [0.1, 0.15) is 0 Å².